The lowest BCUT2D eigenvalue weighted by molar-refractivity contribution is -0.123. The molecule has 2 aromatic rings. The number of rotatable bonds is 11. The van der Waals surface area contributed by atoms with E-state index in [0.29, 0.717) is 24.6 Å². The van der Waals surface area contributed by atoms with Gasteiger partial charge in [-0.1, -0.05) is 44.2 Å². The van der Waals surface area contributed by atoms with Crippen LogP contribution in [0.3, 0.4) is 0 Å². The van der Waals surface area contributed by atoms with Crippen molar-refractivity contribution in [2.45, 2.75) is 39.7 Å². The Labute approximate surface area is 167 Å². The van der Waals surface area contributed by atoms with Gasteiger partial charge in [0, 0.05) is 24.7 Å². The van der Waals surface area contributed by atoms with E-state index in [9.17, 15) is 9.59 Å². The molecule has 0 aliphatic heterocycles. The molecule has 5 nitrogen and oxygen atoms in total. The van der Waals surface area contributed by atoms with E-state index in [2.05, 4.69) is 24.5 Å². The summed E-state index contributed by atoms with van der Waals surface area (Å²) >= 11 is 0. The predicted octanol–water partition coefficient (Wildman–Crippen LogP) is 3.84. The summed E-state index contributed by atoms with van der Waals surface area (Å²) in [6, 6.07) is 17.6. The number of hydrogen-bond donors (Lipinski definition) is 2. The summed E-state index contributed by atoms with van der Waals surface area (Å²) in [5, 5.41) is 6.39. The summed E-state index contributed by atoms with van der Waals surface area (Å²) in [7, 11) is 0. The largest absolute Gasteiger partial charge is 0.484 e. The van der Waals surface area contributed by atoms with Crippen LogP contribution in [-0.2, 0) is 16.0 Å². The number of Topliss-reactive ketones (excluding diaryl/α,β-unsaturated/α-hetero) is 1. The van der Waals surface area contributed by atoms with Gasteiger partial charge >= 0.3 is 0 Å². The van der Waals surface area contributed by atoms with Crippen LogP contribution in [-0.4, -0.2) is 30.9 Å². The molecule has 5 heteroatoms. The molecule has 0 saturated carbocycles. The molecular formula is C23H30N2O3. The third kappa shape index (κ3) is 7.82. The Morgan fingerprint density at radius 2 is 1.68 bits per heavy atom. The van der Waals surface area contributed by atoms with Crippen molar-refractivity contribution in [2.24, 2.45) is 5.92 Å². The second-order valence-corrected chi connectivity index (χ2v) is 7.30. The molecule has 0 aromatic heterocycles. The van der Waals surface area contributed by atoms with Gasteiger partial charge in [-0.2, -0.15) is 0 Å². The first-order valence-electron chi connectivity index (χ1n) is 9.73. The maximum Gasteiger partial charge on any atom is 0.258 e. The van der Waals surface area contributed by atoms with Gasteiger partial charge in [0.15, 0.2) is 6.61 Å². The van der Waals surface area contributed by atoms with E-state index in [4.69, 9.17) is 4.74 Å². The zero-order chi connectivity index (χ0) is 20.4. The Kier molecular flexibility index (Phi) is 8.53. The fraction of sp³-hybridized carbons (Fsp3) is 0.391. The van der Waals surface area contributed by atoms with E-state index < -0.39 is 0 Å². The highest BCUT2D eigenvalue weighted by molar-refractivity contribution is 5.77. The Balaban J connectivity index is 1.75. The van der Waals surface area contributed by atoms with Gasteiger partial charge < -0.3 is 20.2 Å². The van der Waals surface area contributed by atoms with Gasteiger partial charge in [0.25, 0.3) is 5.91 Å². The maximum atomic E-state index is 12.1. The monoisotopic (exact) mass is 382 g/mol. The van der Waals surface area contributed by atoms with Gasteiger partial charge in [-0.05, 0) is 49.1 Å². The smallest absolute Gasteiger partial charge is 0.258 e. The molecule has 28 heavy (non-hydrogen) atoms. The molecular weight excluding hydrogens is 352 g/mol. The van der Waals surface area contributed by atoms with Crippen LogP contribution in [0.2, 0.25) is 0 Å². The molecule has 150 valence electrons. The number of nitrogens with one attached hydrogen (secondary N) is 2. The Morgan fingerprint density at radius 1 is 1.00 bits per heavy atom. The first-order chi connectivity index (χ1) is 13.4. The van der Waals surface area contributed by atoms with Crippen molar-refractivity contribution in [1.29, 1.82) is 0 Å². The molecule has 0 fully saturated rings. The molecule has 0 aliphatic rings. The minimum Gasteiger partial charge on any atom is -0.484 e. The minimum atomic E-state index is -0.152. The lowest BCUT2D eigenvalue weighted by atomic mass is 10.0. The summed E-state index contributed by atoms with van der Waals surface area (Å²) in [6.07, 6.45) is 1.26. The summed E-state index contributed by atoms with van der Waals surface area (Å²) in [4.78, 5) is 23.2. The van der Waals surface area contributed by atoms with Crippen LogP contribution in [0.5, 0.6) is 5.75 Å². The third-order valence-electron chi connectivity index (χ3n) is 4.51. The van der Waals surface area contributed by atoms with Crippen LogP contribution in [0.25, 0.3) is 0 Å². The van der Waals surface area contributed by atoms with Crippen LogP contribution in [0.15, 0.2) is 54.6 Å². The summed E-state index contributed by atoms with van der Waals surface area (Å²) in [6.45, 7) is 6.34. The zero-order valence-corrected chi connectivity index (χ0v) is 16.9. The van der Waals surface area contributed by atoms with Crippen LogP contribution in [0.1, 0.15) is 32.8 Å². The van der Waals surface area contributed by atoms with Crippen molar-refractivity contribution in [3.8, 4) is 5.75 Å². The lowest BCUT2D eigenvalue weighted by Gasteiger charge is -2.24. The van der Waals surface area contributed by atoms with E-state index in [1.165, 1.54) is 0 Å². The van der Waals surface area contributed by atoms with Gasteiger partial charge in [-0.3, -0.25) is 4.79 Å². The average Bonchev–Trinajstić information content (AvgIpc) is 2.69. The quantitative estimate of drug-likeness (QED) is 0.620. The van der Waals surface area contributed by atoms with Crippen molar-refractivity contribution in [3.05, 3.63) is 60.2 Å². The first-order valence-corrected chi connectivity index (χ1v) is 9.73. The number of ether oxygens (including phenoxy) is 1. The van der Waals surface area contributed by atoms with Crippen molar-refractivity contribution in [3.63, 3.8) is 0 Å². The molecule has 0 spiro atoms. The third-order valence-corrected chi connectivity index (χ3v) is 4.51. The van der Waals surface area contributed by atoms with E-state index in [-0.39, 0.29) is 24.3 Å². The fourth-order valence-electron chi connectivity index (χ4n) is 2.70. The number of anilines is 1. The standard InChI is InChI=1S/C23H30N2O3/c1-17(2)22(25-20-7-5-4-6-8-20)15-24-23(27)16-28-21-13-11-19(12-14-21)10-9-18(3)26/h4-8,11-14,17,22,25H,9-10,15-16H2,1-3H3,(H,24,27). The van der Waals surface area contributed by atoms with Crippen LogP contribution < -0.4 is 15.4 Å². The van der Waals surface area contributed by atoms with Gasteiger partial charge in [0.2, 0.25) is 0 Å². The number of para-hydroxylation sites is 1. The predicted molar refractivity (Wildman–Crippen MR) is 113 cm³/mol. The highest BCUT2D eigenvalue weighted by Gasteiger charge is 2.14. The Hall–Kier alpha value is -2.82. The zero-order valence-electron chi connectivity index (χ0n) is 16.9. The fourth-order valence-corrected chi connectivity index (χ4v) is 2.70. The van der Waals surface area contributed by atoms with Gasteiger partial charge in [-0.15, -0.1) is 0 Å². The maximum absolute atomic E-state index is 12.1. The SMILES string of the molecule is CC(=O)CCc1ccc(OCC(=O)NCC(Nc2ccccc2)C(C)C)cc1. The lowest BCUT2D eigenvalue weighted by Crippen LogP contribution is -2.41. The second-order valence-electron chi connectivity index (χ2n) is 7.30. The number of amides is 1. The summed E-state index contributed by atoms with van der Waals surface area (Å²) < 4.78 is 5.56. The Bertz CT molecular complexity index is 742. The van der Waals surface area contributed by atoms with Crippen molar-refractivity contribution >= 4 is 17.4 Å². The normalized spacial score (nSPS) is 11.7. The highest BCUT2D eigenvalue weighted by Crippen LogP contribution is 2.14. The molecule has 0 bridgehead atoms. The van der Waals surface area contributed by atoms with Crippen LogP contribution in [0.4, 0.5) is 5.69 Å². The number of ketones is 1. The molecule has 1 amide bonds. The molecule has 0 saturated heterocycles. The van der Waals surface area contributed by atoms with E-state index >= 15 is 0 Å². The molecule has 2 N–H and O–H groups in total. The van der Waals surface area contributed by atoms with Crippen molar-refractivity contribution in [1.82, 2.24) is 5.32 Å². The molecule has 0 heterocycles. The number of benzene rings is 2. The van der Waals surface area contributed by atoms with E-state index in [1.807, 2.05) is 54.6 Å². The van der Waals surface area contributed by atoms with Crippen molar-refractivity contribution in [2.75, 3.05) is 18.5 Å². The number of aryl methyl sites for hydroxylation is 1. The Morgan fingerprint density at radius 3 is 2.29 bits per heavy atom. The molecule has 1 unspecified atom stereocenters. The molecule has 0 aliphatic carbocycles. The summed E-state index contributed by atoms with van der Waals surface area (Å²) in [5.41, 5.74) is 2.12. The van der Waals surface area contributed by atoms with Crippen LogP contribution in [0, 0.1) is 5.92 Å². The van der Waals surface area contributed by atoms with Crippen molar-refractivity contribution < 1.29 is 14.3 Å². The second kappa shape index (κ2) is 11.1. The first kappa shape index (κ1) is 21.5. The van der Waals surface area contributed by atoms with Gasteiger partial charge in [-0.25, -0.2) is 0 Å². The van der Waals surface area contributed by atoms with Gasteiger partial charge in [0.05, 0.1) is 0 Å². The molecule has 1 atom stereocenters. The van der Waals surface area contributed by atoms with E-state index in [1.54, 1.807) is 6.92 Å². The molecule has 2 rings (SSSR count). The number of hydrogen-bond acceptors (Lipinski definition) is 4. The highest BCUT2D eigenvalue weighted by atomic mass is 16.5. The summed E-state index contributed by atoms with van der Waals surface area (Å²) in [5.74, 6) is 1.04. The number of carbonyl (C=O) groups is 2. The topological polar surface area (TPSA) is 67.4 Å². The molecule has 0 radical (unpaired) electrons. The van der Waals surface area contributed by atoms with E-state index in [0.717, 1.165) is 17.7 Å². The number of carbonyl (C=O) groups excluding carboxylic acids is 2. The van der Waals surface area contributed by atoms with Crippen LogP contribution >= 0.6 is 0 Å². The average molecular weight is 383 g/mol. The van der Waals surface area contributed by atoms with Gasteiger partial charge in [0.1, 0.15) is 11.5 Å². The minimum absolute atomic E-state index is 0.0249. The molecule has 2 aromatic carbocycles.